The number of ether oxygens (including phenoxy) is 2. The Balaban J connectivity index is 1.70. The quantitative estimate of drug-likeness (QED) is 0.303. The van der Waals surface area contributed by atoms with E-state index in [1.807, 2.05) is 18.2 Å². The topological polar surface area (TPSA) is 68.9 Å². The molecule has 0 amide bonds. The summed E-state index contributed by atoms with van der Waals surface area (Å²) < 4.78 is 23.3. The van der Waals surface area contributed by atoms with Gasteiger partial charge in [0.15, 0.2) is 17.5 Å². The molecule has 0 aliphatic rings. The number of nitrogens with one attached hydrogen (secondary N) is 1. The van der Waals surface area contributed by atoms with Gasteiger partial charge in [0.2, 0.25) is 0 Å². The second-order valence-electron chi connectivity index (χ2n) is 5.47. The van der Waals surface area contributed by atoms with E-state index in [2.05, 4.69) is 10.3 Å². The van der Waals surface area contributed by atoms with Gasteiger partial charge >= 0.3 is 0 Å². The minimum Gasteiger partial charge on any atom is -0.493 e. The molecule has 0 aromatic heterocycles. The lowest BCUT2D eigenvalue weighted by Crippen LogP contribution is -2.32. The molecule has 0 saturated heterocycles. The van der Waals surface area contributed by atoms with Gasteiger partial charge in [-0.3, -0.25) is 0 Å². The molecule has 5 nitrogen and oxygen atoms in total. The van der Waals surface area contributed by atoms with E-state index < -0.39 is 0 Å². The highest BCUT2D eigenvalue weighted by molar-refractivity contribution is 7.99. The highest BCUT2D eigenvalue weighted by Gasteiger charge is 2.04. The molecular weight excluding hydrogens is 353 g/mol. The first kappa shape index (κ1) is 19.9. The number of aliphatic imine (C=N–C) groups is 1. The van der Waals surface area contributed by atoms with Crippen LogP contribution >= 0.6 is 11.8 Å². The van der Waals surface area contributed by atoms with E-state index in [1.165, 1.54) is 12.1 Å². The molecule has 0 atom stereocenters. The van der Waals surface area contributed by atoms with Crippen molar-refractivity contribution in [3.63, 3.8) is 0 Å². The summed E-state index contributed by atoms with van der Waals surface area (Å²) >= 11 is 1.69. The Hall–Kier alpha value is -2.41. The van der Waals surface area contributed by atoms with E-state index in [9.17, 15) is 4.39 Å². The first-order chi connectivity index (χ1) is 12.6. The third-order valence-corrected chi connectivity index (χ3v) is 4.69. The van der Waals surface area contributed by atoms with Gasteiger partial charge in [-0.25, -0.2) is 9.38 Å². The maximum absolute atomic E-state index is 12.8. The summed E-state index contributed by atoms with van der Waals surface area (Å²) in [5, 5.41) is 3.10. The maximum Gasteiger partial charge on any atom is 0.188 e. The third kappa shape index (κ3) is 6.48. The number of thioether (sulfide) groups is 1. The lowest BCUT2D eigenvalue weighted by molar-refractivity contribution is 0.354. The van der Waals surface area contributed by atoms with Crippen molar-refractivity contribution < 1.29 is 13.9 Å². The monoisotopic (exact) mass is 377 g/mol. The van der Waals surface area contributed by atoms with Gasteiger partial charge in [0.05, 0.1) is 20.8 Å². The first-order valence-electron chi connectivity index (χ1n) is 8.25. The Morgan fingerprint density at radius 1 is 1.12 bits per heavy atom. The molecule has 3 N–H and O–H groups in total. The summed E-state index contributed by atoms with van der Waals surface area (Å²) in [6.07, 6.45) is 0.925. The molecule has 0 fully saturated rings. The predicted octanol–water partition coefficient (Wildman–Crippen LogP) is 3.43. The van der Waals surface area contributed by atoms with Gasteiger partial charge in [0.25, 0.3) is 0 Å². The van der Waals surface area contributed by atoms with Crippen molar-refractivity contribution in [2.24, 2.45) is 10.7 Å². The van der Waals surface area contributed by atoms with Crippen molar-refractivity contribution in [1.29, 1.82) is 0 Å². The Kier molecular flexibility index (Phi) is 8.08. The van der Waals surface area contributed by atoms with Crippen LogP contribution in [-0.2, 0) is 6.54 Å². The Bertz CT molecular complexity index is 723. The summed E-state index contributed by atoms with van der Waals surface area (Å²) in [6.45, 7) is 1.19. The highest BCUT2D eigenvalue weighted by Crippen LogP contribution is 2.27. The van der Waals surface area contributed by atoms with Crippen LogP contribution in [0.1, 0.15) is 12.0 Å². The molecule has 0 spiro atoms. The van der Waals surface area contributed by atoms with Gasteiger partial charge in [0, 0.05) is 11.4 Å². The normalized spacial score (nSPS) is 11.3. The van der Waals surface area contributed by atoms with Crippen LogP contribution in [0.2, 0.25) is 0 Å². The standard InChI is InChI=1S/C19H24FN3O2S/c1-24-17-9-4-14(12-18(17)25-2)13-23-19(21)22-10-3-11-26-16-7-5-15(20)6-8-16/h4-9,12H,3,10-11,13H2,1-2H3,(H3,21,22,23). The van der Waals surface area contributed by atoms with Crippen LogP contribution in [0.4, 0.5) is 4.39 Å². The van der Waals surface area contributed by atoms with Gasteiger partial charge in [-0.1, -0.05) is 6.07 Å². The molecule has 7 heteroatoms. The molecule has 0 unspecified atom stereocenters. The average Bonchev–Trinajstić information content (AvgIpc) is 2.67. The molecule has 2 aromatic carbocycles. The summed E-state index contributed by atoms with van der Waals surface area (Å²) in [4.78, 5) is 5.39. The summed E-state index contributed by atoms with van der Waals surface area (Å²) in [5.41, 5.74) is 6.88. The number of guanidine groups is 1. The van der Waals surface area contributed by atoms with E-state index in [1.54, 1.807) is 38.1 Å². The van der Waals surface area contributed by atoms with Crippen LogP contribution in [-0.4, -0.2) is 32.5 Å². The number of benzene rings is 2. The van der Waals surface area contributed by atoms with Gasteiger partial charge < -0.3 is 20.5 Å². The fourth-order valence-corrected chi connectivity index (χ4v) is 3.07. The third-order valence-electron chi connectivity index (χ3n) is 3.59. The lowest BCUT2D eigenvalue weighted by Gasteiger charge is -2.09. The van der Waals surface area contributed by atoms with Crippen molar-refractivity contribution in [2.45, 2.75) is 17.9 Å². The smallest absolute Gasteiger partial charge is 0.188 e. The van der Waals surface area contributed by atoms with Crippen LogP contribution in [0.25, 0.3) is 0 Å². The van der Waals surface area contributed by atoms with Crippen LogP contribution < -0.4 is 20.5 Å². The molecule has 0 radical (unpaired) electrons. The van der Waals surface area contributed by atoms with Gasteiger partial charge in [-0.05, 0) is 54.1 Å². The largest absolute Gasteiger partial charge is 0.493 e. The second-order valence-corrected chi connectivity index (χ2v) is 6.64. The van der Waals surface area contributed by atoms with Crippen LogP contribution in [0, 0.1) is 5.82 Å². The van der Waals surface area contributed by atoms with Crippen molar-refractivity contribution in [3.05, 3.63) is 53.8 Å². The van der Waals surface area contributed by atoms with Crippen LogP contribution in [0.15, 0.2) is 52.4 Å². The fourth-order valence-electron chi connectivity index (χ4n) is 2.22. The number of halogens is 1. The maximum atomic E-state index is 12.8. The van der Waals surface area contributed by atoms with Gasteiger partial charge in [-0.15, -0.1) is 11.8 Å². The van der Waals surface area contributed by atoms with Crippen molar-refractivity contribution in [1.82, 2.24) is 5.32 Å². The summed E-state index contributed by atoms with van der Waals surface area (Å²) in [5.74, 6) is 2.47. The number of hydrogen-bond acceptors (Lipinski definition) is 4. The molecule has 140 valence electrons. The Morgan fingerprint density at radius 2 is 1.85 bits per heavy atom. The molecule has 0 saturated carbocycles. The molecule has 0 heterocycles. The average molecular weight is 377 g/mol. The number of nitrogens with zero attached hydrogens (tertiary/aromatic N) is 1. The number of rotatable bonds is 9. The summed E-state index contributed by atoms with van der Waals surface area (Å²) in [6, 6.07) is 12.2. The minimum atomic E-state index is -0.213. The van der Waals surface area contributed by atoms with Gasteiger partial charge in [-0.2, -0.15) is 0 Å². The summed E-state index contributed by atoms with van der Waals surface area (Å²) in [7, 11) is 3.21. The van der Waals surface area contributed by atoms with Crippen molar-refractivity contribution >= 4 is 17.7 Å². The van der Waals surface area contributed by atoms with E-state index in [0.29, 0.717) is 24.0 Å². The predicted molar refractivity (Wildman–Crippen MR) is 105 cm³/mol. The fraction of sp³-hybridized carbons (Fsp3) is 0.316. The molecule has 26 heavy (non-hydrogen) atoms. The molecule has 0 bridgehead atoms. The number of methoxy groups -OCH3 is 2. The number of hydrogen-bond donors (Lipinski definition) is 2. The zero-order valence-electron chi connectivity index (χ0n) is 15.0. The van der Waals surface area contributed by atoms with E-state index >= 15 is 0 Å². The molecule has 2 rings (SSSR count). The molecular formula is C19H24FN3O2S. The molecule has 2 aromatic rings. The Labute approximate surface area is 157 Å². The van der Waals surface area contributed by atoms with Crippen LogP contribution in [0.3, 0.4) is 0 Å². The second kappa shape index (κ2) is 10.6. The van der Waals surface area contributed by atoms with Crippen molar-refractivity contribution in [3.8, 4) is 11.5 Å². The van der Waals surface area contributed by atoms with Crippen molar-refractivity contribution in [2.75, 3.05) is 26.5 Å². The zero-order valence-corrected chi connectivity index (χ0v) is 15.8. The van der Waals surface area contributed by atoms with Gasteiger partial charge in [0.1, 0.15) is 5.82 Å². The van der Waals surface area contributed by atoms with E-state index in [-0.39, 0.29) is 5.82 Å². The lowest BCUT2D eigenvalue weighted by atomic mass is 10.2. The van der Waals surface area contributed by atoms with E-state index in [4.69, 9.17) is 15.2 Å². The first-order valence-corrected chi connectivity index (χ1v) is 9.24. The van der Waals surface area contributed by atoms with Crippen LogP contribution in [0.5, 0.6) is 11.5 Å². The molecule has 0 aliphatic carbocycles. The molecule has 0 aliphatic heterocycles. The minimum absolute atomic E-state index is 0.213. The van der Waals surface area contributed by atoms with E-state index in [0.717, 1.165) is 29.2 Å². The number of nitrogens with two attached hydrogens (primary N) is 1. The Morgan fingerprint density at radius 3 is 2.54 bits per heavy atom. The zero-order chi connectivity index (χ0) is 18.8. The SMILES string of the molecule is COc1ccc(CN=C(N)NCCCSc2ccc(F)cc2)cc1OC. The highest BCUT2D eigenvalue weighted by atomic mass is 32.2.